The number of halogens is 6. The molecular formula is C31H21F6N3O5S2. The van der Waals surface area contributed by atoms with Crippen LogP contribution in [0.2, 0.25) is 0 Å². The van der Waals surface area contributed by atoms with Crippen molar-refractivity contribution in [3.63, 3.8) is 0 Å². The van der Waals surface area contributed by atoms with Gasteiger partial charge in [0.15, 0.2) is 0 Å². The molecule has 1 N–H and O–H groups in total. The number of thiazole rings is 1. The van der Waals surface area contributed by atoms with Crippen LogP contribution in [0.15, 0.2) is 82.6 Å². The van der Waals surface area contributed by atoms with Crippen molar-refractivity contribution in [2.24, 2.45) is 5.92 Å². The van der Waals surface area contributed by atoms with Crippen molar-refractivity contribution in [1.29, 1.82) is 0 Å². The van der Waals surface area contributed by atoms with Crippen molar-refractivity contribution in [3.05, 3.63) is 104 Å². The van der Waals surface area contributed by atoms with Gasteiger partial charge in [-0.3, -0.25) is 23.7 Å². The van der Waals surface area contributed by atoms with Crippen LogP contribution < -0.4 is 19.8 Å². The minimum Gasteiger partial charge on any atom is -0.496 e. The van der Waals surface area contributed by atoms with Crippen molar-refractivity contribution in [3.8, 4) is 5.75 Å². The number of carbonyl (C=O) groups is 3. The second kappa shape index (κ2) is 11.9. The van der Waals surface area contributed by atoms with E-state index in [2.05, 4.69) is 5.32 Å². The molecule has 3 heterocycles. The molecule has 2 unspecified atom stereocenters. The Morgan fingerprint density at radius 2 is 1.47 bits per heavy atom. The van der Waals surface area contributed by atoms with Gasteiger partial charge in [-0.15, -0.1) is 0 Å². The summed E-state index contributed by atoms with van der Waals surface area (Å²) < 4.78 is 89.0. The van der Waals surface area contributed by atoms with Gasteiger partial charge in [0.25, 0.3) is 0 Å². The number of nitrogens with zero attached hydrogens (tertiary/aromatic N) is 2. The fourth-order valence-electron chi connectivity index (χ4n) is 5.83. The summed E-state index contributed by atoms with van der Waals surface area (Å²) in [6, 6.07) is 14.9. The van der Waals surface area contributed by atoms with Crippen LogP contribution in [-0.4, -0.2) is 34.6 Å². The van der Waals surface area contributed by atoms with E-state index in [1.54, 1.807) is 24.3 Å². The monoisotopic (exact) mass is 693 g/mol. The molecule has 1 saturated heterocycles. The van der Waals surface area contributed by atoms with E-state index in [9.17, 15) is 45.5 Å². The zero-order valence-electron chi connectivity index (χ0n) is 23.9. The molecule has 2 aliphatic rings. The van der Waals surface area contributed by atoms with E-state index in [1.807, 2.05) is 0 Å². The number of nitrogens with one attached hydrogen (secondary N) is 1. The lowest BCUT2D eigenvalue weighted by molar-refractivity contribution is -0.138. The maximum Gasteiger partial charge on any atom is 0.418 e. The zero-order chi connectivity index (χ0) is 33.8. The Kier molecular flexibility index (Phi) is 8.20. The van der Waals surface area contributed by atoms with E-state index in [4.69, 9.17) is 4.74 Å². The molecule has 244 valence electrons. The highest BCUT2D eigenvalue weighted by Crippen LogP contribution is 2.55. The zero-order valence-corrected chi connectivity index (χ0v) is 25.5. The van der Waals surface area contributed by atoms with Crippen molar-refractivity contribution >= 4 is 52.2 Å². The number of fused-ring (bicyclic) bond motifs is 2. The van der Waals surface area contributed by atoms with E-state index in [1.165, 1.54) is 19.2 Å². The molecule has 16 heteroatoms. The number of aromatic nitrogens is 1. The summed E-state index contributed by atoms with van der Waals surface area (Å²) in [5, 5.41) is 0.950. The fourth-order valence-corrected chi connectivity index (χ4v) is 8.60. The molecule has 0 saturated carbocycles. The summed E-state index contributed by atoms with van der Waals surface area (Å²) in [6.07, 6.45) is -9.67. The lowest BCUT2D eigenvalue weighted by atomic mass is 9.82. The van der Waals surface area contributed by atoms with Crippen LogP contribution in [-0.2, 0) is 33.3 Å². The average molecular weight is 694 g/mol. The lowest BCUT2D eigenvalue weighted by Gasteiger charge is -2.31. The number of anilines is 2. The highest BCUT2D eigenvalue weighted by atomic mass is 32.2. The Balaban J connectivity index is 1.44. The van der Waals surface area contributed by atoms with Gasteiger partial charge in [-0.05, 0) is 30.3 Å². The van der Waals surface area contributed by atoms with Gasteiger partial charge in [-0.25, -0.2) is 4.90 Å². The molecule has 0 spiro atoms. The number of ether oxygens (including phenoxy) is 1. The van der Waals surface area contributed by atoms with Crippen molar-refractivity contribution in [2.75, 3.05) is 17.3 Å². The van der Waals surface area contributed by atoms with Gasteiger partial charge >= 0.3 is 17.2 Å². The first-order chi connectivity index (χ1) is 22.2. The van der Waals surface area contributed by atoms with E-state index in [-0.39, 0.29) is 15.7 Å². The molecular weight excluding hydrogens is 672 g/mol. The molecule has 3 aromatic carbocycles. The molecule has 1 aromatic heterocycles. The number of rotatable bonds is 6. The molecule has 6 rings (SSSR count). The molecule has 1 fully saturated rings. The summed E-state index contributed by atoms with van der Waals surface area (Å²) in [7, 11) is 1.36. The van der Waals surface area contributed by atoms with Crippen LogP contribution in [0.3, 0.4) is 0 Å². The third-order valence-corrected chi connectivity index (χ3v) is 10.4. The second-order valence-electron chi connectivity index (χ2n) is 10.5. The fraction of sp³-hybridized carbons (Fsp3) is 0.226. The molecule has 2 aliphatic heterocycles. The highest BCUT2D eigenvalue weighted by molar-refractivity contribution is 8.00. The smallest absolute Gasteiger partial charge is 0.418 e. The van der Waals surface area contributed by atoms with Crippen LogP contribution in [0.1, 0.15) is 27.5 Å². The predicted molar refractivity (Wildman–Crippen MR) is 161 cm³/mol. The third-order valence-electron chi connectivity index (χ3n) is 7.78. The second-order valence-corrected chi connectivity index (χ2v) is 12.6. The van der Waals surface area contributed by atoms with Crippen LogP contribution in [0.5, 0.6) is 5.75 Å². The molecule has 8 nitrogen and oxygen atoms in total. The number of methoxy groups -OCH3 is 1. The minimum atomic E-state index is -4.89. The van der Waals surface area contributed by atoms with Gasteiger partial charge in [-0.2, -0.15) is 26.3 Å². The molecule has 3 atom stereocenters. The maximum atomic E-state index is 14.1. The number of hydrogen-bond donors (Lipinski definition) is 1. The van der Waals surface area contributed by atoms with E-state index < -0.39 is 81.1 Å². The summed E-state index contributed by atoms with van der Waals surface area (Å²) in [5.41, 5.74) is -3.10. The van der Waals surface area contributed by atoms with Crippen LogP contribution in [0.25, 0.3) is 0 Å². The van der Waals surface area contributed by atoms with Gasteiger partial charge in [0.1, 0.15) is 17.5 Å². The van der Waals surface area contributed by atoms with Crippen molar-refractivity contribution < 1.29 is 45.5 Å². The number of amides is 3. The maximum absolute atomic E-state index is 14.1. The summed E-state index contributed by atoms with van der Waals surface area (Å²) in [5.74, 6) is -4.90. The van der Waals surface area contributed by atoms with Gasteiger partial charge in [0.2, 0.25) is 17.7 Å². The molecule has 4 aromatic rings. The van der Waals surface area contributed by atoms with Gasteiger partial charge in [-0.1, -0.05) is 65.6 Å². The Morgan fingerprint density at radius 3 is 2.15 bits per heavy atom. The quantitative estimate of drug-likeness (QED) is 0.186. The first-order valence-corrected chi connectivity index (χ1v) is 15.4. The summed E-state index contributed by atoms with van der Waals surface area (Å²) in [4.78, 5) is 54.4. The highest BCUT2D eigenvalue weighted by Gasteiger charge is 2.58. The molecule has 47 heavy (non-hydrogen) atoms. The van der Waals surface area contributed by atoms with E-state index in [0.29, 0.717) is 21.8 Å². The van der Waals surface area contributed by atoms with Gasteiger partial charge in [0, 0.05) is 16.4 Å². The number of imide groups is 1. The van der Waals surface area contributed by atoms with Crippen LogP contribution in [0.4, 0.5) is 37.7 Å². The number of alkyl halides is 6. The normalized spacial score (nSPS) is 19.4. The van der Waals surface area contributed by atoms with Crippen molar-refractivity contribution in [2.45, 2.75) is 35.1 Å². The number of benzene rings is 3. The Hall–Kier alpha value is -4.57. The standard InChI is InChI=1S/C31H21F6N3O5S2/c1-45-20-13-7-2-8-15(20)22-23-24(27(43)40(26(23)42)19-12-6-4-10-17(19)31(35,36)37)46-28-25(22)47-29(44)39(28)14-21(41)38-18-11-5-3-9-16(18)30(32,33)34/h2-13,22-24H,14H2,1H3,(H,38,41)/t22-,23?,24?/m1/s1. The average Bonchev–Trinajstić information content (AvgIpc) is 3.46. The Bertz CT molecular complexity index is 1970. The van der Waals surface area contributed by atoms with E-state index in [0.717, 1.165) is 52.7 Å². The number of thioether (sulfide) groups is 1. The topological polar surface area (TPSA) is 97.7 Å². The minimum absolute atomic E-state index is 0.0866. The molecule has 3 amide bonds. The predicted octanol–water partition coefficient (Wildman–Crippen LogP) is 6.39. The first-order valence-electron chi connectivity index (χ1n) is 13.8. The van der Waals surface area contributed by atoms with Crippen molar-refractivity contribution in [1.82, 2.24) is 4.57 Å². The SMILES string of the molecule is COc1ccccc1[C@H]1c2sc(=O)n(CC(=O)Nc3ccccc3C(F)(F)F)c2SC2C(=O)N(c3ccccc3C(F)(F)F)C(=O)C21. The van der Waals surface area contributed by atoms with Crippen LogP contribution in [0, 0.1) is 5.92 Å². The lowest BCUT2D eigenvalue weighted by Crippen LogP contribution is -2.33. The molecule has 0 bridgehead atoms. The van der Waals surface area contributed by atoms with Crippen LogP contribution >= 0.6 is 23.1 Å². The third kappa shape index (κ3) is 5.69. The molecule has 0 aliphatic carbocycles. The largest absolute Gasteiger partial charge is 0.496 e. The van der Waals surface area contributed by atoms with E-state index >= 15 is 0 Å². The first kappa shape index (κ1) is 32.4. The number of para-hydroxylation sites is 3. The Morgan fingerprint density at radius 1 is 0.851 bits per heavy atom. The summed E-state index contributed by atoms with van der Waals surface area (Å²) in [6.45, 7) is -0.747. The summed E-state index contributed by atoms with van der Waals surface area (Å²) >= 11 is 1.41. The van der Waals surface area contributed by atoms with Gasteiger partial charge < -0.3 is 10.1 Å². The molecule has 0 radical (unpaired) electrons. The van der Waals surface area contributed by atoms with Gasteiger partial charge in [0.05, 0.1) is 40.6 Å². The number of hydrogen-bond acceptors (Lipinski definition) is 7. The number of carbonyl (C=O) groups excluding carboxylic acids is 3. The Labute approximate surface area is 269 Å².